The molecular formula is C36H44N8O2. The number of fused-ring (bicyclic) bond motifs is 2. The van der Waals surface area contributed by atoms with Gasteiger partial charge in [0.25, 0.3) is 0 Å². The fourth-order valence-electron chi connectivity index (χ4n) is 7.88. The average molecular weight is 621 g/mol. The molecule has 1 amide bonds. The first-order chi connectivity index (χ1) is 22.5. The Morgan fingerprint density at radius 2 is 1.85 bits per heavy atom. The van der Waals surface area contributed by atoms with E-state index in [-0.39, 0.29) is 24.5 Å². The first-order valence-electron chi connectivity index (χ1n) is 16.8. The average Bonchev–Trinajstić information content (AvgIpc) is 3.55. The Hall–Kier alpha value is -4.20. The second kappa shape index (κ2) is 13.3. The van der Waals surface area contributed by atoms with E-state index < -0.39 is 0 Å². The summed E-state index contributed by atoms with van der Waals surface area (Å²) in [6.45, 7) is 11.2. The van der Waals surface area contributed by atoms with E-state index in [0.717, 1.165) is 75.5 Å². The largest absolute Gasteiger partial charge is 0.458 e. The number of ether oxygens (including phenoxy) is 1. The fourth-order valence-corrected chi connectivity index (χ4v) is 7.88. The molecule has 0 bridgehead atoms. The lowest BCUT2D eigenvalue weighted by atomic mass is 10.0. The van der Waals surface area contributed by atoms with Crippen LogP contribution in [0.25, 0.3) is 10.8 Å². The third-order valence-electron chi connectivity index (χ3n) is 10.4. The molecule has 4 aliphatic rings. The van der Waals surface area contributed by atoms with Crippen molar-refractivity contribution >= 4 is 28.2 Å². The highest BCUT2D eigenvalue weighted by molar-refractivity contribution is 5.94. The molecular weight excluding hydrogens is 576 g/mol. The summed E-state index contributed by atoms with van der Waals surface area (Å²) < 4.78 is 6.78. The Morgan fingerprint density at radius 3 is 2.67 bits per heavy atom. The zero-order valence-corrected chi connectivity index (χ0v) is 26.9. The molecule has 0 spiro atoms. The molecule has 2 aromatic carbocycles. The van der Waals surface area contributed by atoms with Gasteiger partial charge in [-0.3, -0.25) is 9.69 Å². The third kappa shape index (κ3) is 6.02. The summed E-state index contributed by atoms with van der Waals surface area (Å²) in [4.78, 5) is 34.4. The van der Waals surface area contributed by atoms with Crippen molar-refractivity contribution in [3.05, 3.63) is 66.4 Å². The summed E-state index contributed by atoms with van der Waals surface area (Å²) in [5, 5.41) is 12.1. The van der Waals surface area contributed by atoms with Crippen molar-refractivity contribution in [1.82, 2.24) is 24.7 Å². The standard InChI is InChI=1S/C36H44N8O2/c1-3-34(45)44-23-22-43(24-27(44)14-16-37)35-29-15-17-42(31-11-6-9-26-8-4-5-10-28(26)31)25-30(29)38-36(39-35)46-33-13-7-12-32(33)41-20-18-40(2)19-21-41/h3-6,8-11,27,32-33H,1,7,12-15,17-25H2,2H3. The number of amides is 1. The lowest BCUT2D eigenvalue weighted by molar-refractivity contribution is -0.128. The Morgan fingerprint density at radius 1 is 1.02 bits per heavy atom. The molecule has 4 heterocycles. The minimum absolute atomic E-state index is 0.0560. The Labute approximate surface area is 271 Å². The molecule has 2 saturated heterocycles. The van der Waals surface area contributed by atoms with Crippen molar-refractivity contribution in [2.75, 3.05) is 69.2 Å². The van der Waals surface area contributed by atoms with E-state index >= 15 is 0 Å². The molecule has 0 radical (unpaired) electrons. The second-order valence-corrected chi connectivity index (χ2v) is 13.1. The summed E-state index contributed by atoms with van der Waals surface area (Å²) in [6, 6.07) is 17.9. The highest BCUT2D eigenvalue weighted by atomic mass is 16.5. The molecule has 3 aromatic rings. The molecule has 7 rings (SSSR count). The van der Waals surface area contributed by atoms with Gasteiger partial charge in [-0.15, -0.1) is 0 Å². The van der Waals surface area contributed by atoms with Crippen LogP contribution in [-0.2, 0) is 17.8 Å². The maximum Gasteiger partial charge on any atom is 0.319 e. The molecule has 1 aromatic heterocycles. The van der Waals surface area contributed by atoms with Crippen LogP contribution in [0.4, 0.5) is 11.5 Å². The Balaban J connectivity index is 1.21. The molecule has 46 heavy (non-hydrogen) atoms. The fraction of sp³-hybridized carbons (Fsp3) is 0.500. The van der Waals surface area contributed by atoms with Gasteiger partial charge in [-0.1, -0.05) is 43.0 Å². The summed E-state index contributed by atoms with van der Waals surface area (Å²) >= 11 is 0. The van der Waals surface area contributed by atoms with E-state index in [1.165, 1.54) is 22.5 Å². The number of benzene rings is 2. The van der Waals surface area contributed by atoms with Crippen LogP contribution in [-0.4, -0.2) is 108 Å². The molecule has 3 aliphatic heterocycles. The highest BCUT2D eigenvalue weighted by Crippen LogP contribution is 2.36. The highest BCUT2D eigenvalue weighted by Gasteiger charge is 2.37. The summed E-state index contributed by atoms with van der Waals surface area (Å²) in [7, 11) is 2.19. The quantitative estimate of drug-likeness (QED) is 0.365. The van der Waals surface area contributed by atoms with Gasteiger partial charge < -0.3 is 24.3 Å². The van der Waals surface area contributed by atoms with Gasteiger partial charge in [-0.05, 0) is 50.3 Å². The van der Waals surface area contributed by atoms with Crippen LogP contribution in [0.2, 0.25) is 0 Å². The second-order valence-electron chi connectivity index (χ2n) is 13.1. The molecule has 1 aliphatic carbocycles. The van der Waals surface area contributed by atoms with Crippen LogP contribution in [0, 0.1) is 11.3 Å². The van der Waals surface area contributed by atoms with Crippen LogP contribution in [0.5, 0.6) is 6.01 Å². The first kappa shape index (κ1) is 30.5. The number of anilines is 2. The molecule has 3 fully saturated rings. The lowest BCUT2D eigenvalue weighted by Crippen LogP contribution is -2.55. The zero-order valence-electron chi connectivity index (χ0n) is 26.9. The number of likely N-dealkylation sites (N-methyl/N-ethyl adjacent to an activating group) is 1. The Kier molecular flexibility index (Phi) is 8.78. The summed E-state index contributed by atoms with van der Waals surface area (Å²) in [6.07, 6.45) is 5.74. The van der Waals surface area contributed by atoms with Gasteiger partial charge in [0, 0.05) is 75.0 Å². The first-order valence-corrected chi connectivity index (χ1v) is 16.8. The van der Waals surface area contributed by atoms with Crippen molar-refractivity contribution in [3.63, 3.8) is 0 Å². The summed E-state index contributed by atoms with van der Waals surface area (Å²) in [5.41, 5.74) is 3.35. The van der Waals surface area contributed by atoms with Crippen molar-refractivity contribution in [3.8, 4) is 12.1 Å². The number of hydrogen-bond donors (Lipinski definition) is 0. The zero-order chi connectivity index (χ0) is 31.6. The lowest BCUT2D eigenvalue weighted by Gasteiger charge is -2.42. The van der Waals surface area contributed by atoms with Crippen molar-refractivity contribution < 1.29 is 9.53 Å². The molecule has 240 valence electrons. The number of carbonyl (C=O) groups is 1. The topological polar surface area (TPSA) is 92.1 Å². The predicted molar refractivity (Wildman–Crippen MR) is 180 cm³/mol. The van der Waals surface area contributed by atoms with Crippen LogP contribution >= 0.6 is 0 Å². The van der Waals surface area contributed by atoms with E-state index in [1.807, 2.05) is 0 Å². The minimum Gasteiger partial charge on any atom is -0.458 e. The van der Waals surface area contributed by atoms with Crippen molar-refractivity contribution in [2.45, 2.75) is 56.8 Å². The Bertz CT molecular complexity index is 1620. The number of nitriles is 1. The maximum absolute atomic E-state index is 12.6. The number of piperazine rings is 2. The van der Waals surface area contributed by atoms with Crippen molar-refractivity contribution in [1.29, 1.82) is 5.26 Å². The van der Waals surface area contributed by atoms with Gasteiger partial charge in [0.05, 0.1) is 30.8 Å². The van der Waals surface area contributed by atoms with Crippen LogP contribution in [0.1, 0.15) is 36.9 Å². The number of hydrogen-bond acceptors (Lipinski definition) is 9. The number of rotatable bonds is 7. The number of nitrogens with zero attached hydrogens (tertiary/aromatic N) is 8. The minimum atomic E-state index is -0.230. The van der Waals surface area contributed by atoms with Gasteiger partial charge in [0.15, 0.2) is 0 Å². The SMILES string of the molecule is C=CC(=O)N1CCN(c2nc(OC3CCCC3N3CCN(C)CC3)nc3c2CCN(c2cccc4ccccc24)C3)CC1CC#N. The van der Waals surface area contributed by atoms with E-state index in [1.54, 1.807) is 4.90 Å². The van der Waals surface area contributed by atoms with E-state index in [9.17, 15) is 10.1 Å². The van der Waals surface area contributed by atoms with Gasteiger partial charge in [0.1, 0.15) is 11.9 Å². The summed E-state index contributed by atoms with van der Waals surface area (Å²) in [5.74, 6) is 0.760. The molecule has 10 heteroatoms. The van der Waals surface area contributed by atoms with Gasteiger partial charge in [0.2, 0.25) is 5.91 Å². The smallest absolute Gasteiger partial charge is 0.319 e. The number of carbonyl (C=O) groups excluding carboxylic acids is 1. The van der Waals surface area contributed by atoms with Gasteiger partial charge in [-0.25, -0.2) is 0 Å². The van der Waals surface area contributed by atoms with Crippen molar-refractivity contribution in [2.24, 2.45) is 0 Å². The molecule has 10 nitrogen and oxygen atoms in total. The van der Waals surface area contributed by atoms with E-state index in [4.69, 9.17) is 14.7 Å². The number of aromatic nitrogens is 2. The van der Waals surface area contributed by atoms with Crippen LogP contribution < -0.4 is 14.5 Å². The van der Waals surface area contributed by atoms with Gasteiger partial charge >= 0.3 is 6.01 Å². The van der Waals surface area contributed by atoms with E-state index in [0.29, 0.717) is 38.2 Å². The maximum atomic E-state index is 12.6. The van der Waals surface area contributed by atoms with Gasteiger partial charge in [-0.2, -0.15) is 15.2 Å². The molecule has 3 unspecified atom stereocenters. The predicted octanol–water partition coefficient (Wildman–Crippen LogP) is 3.86. The molecule has 1 saturated carbocycles. The monoisotopic (exact) mass is 620 g/mol. The third-order valence-corrected chi connectivity index (χ3v) is 10.4. The normalized spacial score (nSPS) is 24.1. The molecule has 3 atom stereocenters. The molecule has 0 N–H and O–H groups in total. The van der Waals surface area contributed by atoms with Crippen LogP contribution in [0.3, 0.4) is 0 Å². The van der Waals surface area contributed by atoms with Crippen LogP contribution in [0.15, 0.2) is 55.1 Å². The van der Waals surface area contributed by atoms with E-state index in [2.05, 4.69) is 81.8 Å².